The number of aryl methyl sites for hydroxylation is 1. The van der Waals surface area contributed by atoms with Crippen LogP contribution in [0.2, 0.25) is 0 Å². The molecule has 0 spiro atoms. The van der Waals surface area contributed by atoms with Crippen LogP contribution in [0.5, 0.6) is 0 Å². The van der Waals surface area contributed by atoms with Crippen molar-refractivity contribution in [2.24, 2.45) is 7.05 Å². The molecule has 0 unspecified atom stereocenters. The van der Waals surface area contributed by atoms with Crippen LogP contribution in [0, 0.1) is 0 Å². The van der Waals surface area contributed by atoms with Gasteiger partial charge in [-0.1, -0.05) is 0 Å². The van der Waals surface area contributed by atoms with Crippen LogP contribution in [0.15, 0.2) is 6.33 Å². The minimum Gasteiger partial charge on any atom is -0.481 e. The maximum Gasteiger partial charge on any atom is 0.321 e. The Balaban J connectivity index is 2.09. The number of amides is 3. The number of imide groups is 1. The summed E-state index contributed by atoms with van der Waals surface area (Å²) in [5.41, 5.74) is 0. The van der Waals surface area contributed by atoms with Gasteiger partial charge >= 0.3 is 12.0 Å². The Hall–Kier alpha value is -2.45. The predicted octanol–water partition coefficient (Wildman–Crippen LogP) is -0.172. The Bertz CT molecular complexity index is 500. The van der Waals surface area contributed by atoms with Gasteiger partial charge < -0.3 is 10.4 Å². The normalized spacial score (nSPS) is 10.1. The summed E-state index contributed by atoms with van der Waals surface area (Å²) < 4.78 is 1.57. The van der Waals surface area contributed by atoms with E-state index in [1.165, 1.54) is 0 Å². The van der Waals surface area contributed by atoms with Crippen molar-refractivity contribution >= 4 is 17.9 Å². The first kappa shape index (κ1) is 16.6. The average Bonchev–Trinajstić information content (AvgIpc) is 2.80. The van der Waals surface area contributed by atoms with Crippen LogP contribution < -0.4 is 10.6 Å². The predicted molar refractivity (Wildman–Crippen MR) is 72.4 cm³/mol. The van der Waals surface area contributed by atoms with Gasteiger partial charge in [-0.2, -0.15) is 5.10 Å². The third-order valence-corrected chi connectivity index (χ3v) is 2.58. The first-order valence-corrected chi connectivity index (χ1v) is 6.61. The molecule has 0 aliphatic heterocycles. The number of carboxylic acid groups (broad SMARTS) is 1. The summed E-state index contributed by atoms with van der Waals surface area (Å²) in [5.74, 6) is -0.706. The summed E-state index contributed by atoms with van der Waals surface area (Å²) in [4.78, 5) is 37.1. The van der Waals surface area contributed by atoms with Crippen LogP contribution in [0.1, 0.15) is 31.5 Å². The third kappa shape index (κ3) is 7.65. The number of aromatic nitrogens is 3. The van der Waals surface area contributed by atoms with Crippen LogP contribution in [-0.4, -0.2) is 44.3 Å². The smallest absolute Gasteiger partial charge is 0.321 e. The highest BCUT2D eigenvalue weighted by molar-refractivity contribution is 5.94. The highest BCUT2D eigenvalue weighted by Gasteiger charge is 2.08. The SMILES string of the molecule is Cn1cnc(CCNC(=O)NC(=O)CCCCC(=O)O)n1. The van der Waals surface area contributed by atoms with Gasteiger partial charge in [0, 0.05) is 32.9 Å². The molecule has 116 valence electrons. The highest BCUT2D eigenvalue weighted by atomic mass is 16.4. The Labute approximate surface area is 121 Å². The van der Waals surface area contributed by atoms with Gasteiger partial charge in [0.15, 0.2) is 5.82 Å². The second kappa shape index (κ2) is 8.67. The van der Waals surface area contributed by atoms with Crippen molar-refractivity contribution in [3.63, 3.8) is 0 Å². The van der Waals surface area contributed by atoms with Gasteiger partial charge in [-0.25, -0.2) is 9.78 Å². The number of nitrogens with zero attached hydrogens (tertiary/aromatic N) is 3. The fourth-order valence-electron chi connectivity index (χ4n) is 1.58. The molecule has 9 nitrogen and oxygen atoms in total. The molecule has 3 N–H and O–H groups in total. The second-order valence-electron chi connectivity index (χ2n) is 4.49. The van der Waals surface area contributed by atoms with Crippen molar-refractivity contribution in [2.45, 2.75) is 32.1 Å². The molecule has 21 heavy (non-hydrogen) atoms. The second-order valence-corrected chi connectivity index (χ2v) is 4.49. The topological polar surface area (TPSA) is 126 Å². The van der Waals surface area contributed by atoms with Gasteiger partial charge in [0.25, 0.3) is 0 Å². The van der Waals surface area contributed by atoms with Crippen molar-refractivity contribution < 1.29 is 19.5 Å². The monoisotopic (exact) mass is 297 g/mol. The zero-order chi connectivity index (χ0) is 15.7. The van der Waals surface area contributed by atoms with Crippen molar-refractivity contribution in [3.05, 3.63) is 12.2 Å². The molecule has 0 aromatic carbocycles. The number of carbonyl (C=O) groups is 3. The standard InChI is InChI=1S/C12H19N5O4/c1-17-8-14-9(16-17)6-7-13-12(21)15-10(18)4-2-3-5-11(19)20/h8H,2-7H2,1H3,(H,19,20)(H2,13,15,18,21). The minimum absolute atomic E-state index is 0.0244. The average molecular weight is 297 g/mol. The lowest BCUT2D eigenvalue weighted by Crippen LogP contribution is -2.40. The summed E-state index contributed by atoms with van der Waals surface area (Å²) in [5, 5.41) is 17.2. The van der Waals surface area contributed by atoms with E-state index in [9.17, 15) is 14.4 Å². The number of hydrogen-bond donors (Lipinski definition) is 3. The van der Waals surface area contributed by atoms with Crippen LogP contribution in [-0.2, 0) is 23.1 Å². The van der Waals surface area contributed by atoms with Crippen molar-refractivity contribution in [2.75, 3.05) is 6.54 Å². The van der Waals surface area contributed by atoms with Gasteiger partial charge in [0.1, 0.15) is 6.33 Å². The molecular weight excluding hydrogens is 278 g/mol. The Kier molecular flexibility index (Phi) is 6.85. The number of nitrogens with one attached hydrogen (secondary N) is 2. The lowest BCUT2D eigenvalue weighted by molar-refractivity contribution is -0.137. The van der Waals surface area contributed by atoms with E-state index >= 15 is 0 Å². The van der Waals surface area contributed by atoms with Gasteiger partial charge in [0.2, 0.25) is 5.91 Å². The molecule has 0 saturated heterocycles. The maximum atomic E-state index is 11.4. The summed E-state index contributed by atoms with van der Waals surface area (Å²) in [6.07, 6.45) is 3.04. The van der Waals surface area contributed by atoms with Crippen LogP contribution in [0.4, 0.5) is 4.79 Å². The molecule has 1 rings (SSSR count). The van der Waals surface area contributed by atoms with E-state index in [1.54, 1.807) is 18.1 Å². The largest absolute Gasteiger partial charge is 0.481 e. The quantitative estimate of drug-likeness (QED) is 0.572. The fraction of sp³-hybridized carbons (Fsp3) is 0.583. The Morgan fingerprint density at radius 1 is 1.29 bits per heavy atom. The molecule has 0 atom stereocenters. The summed E-state index contributed by atoms with van der Waals surface area (Å²) >= 11 is 0. The lowest BCUT2D eigenvalue weighted by Gasteiger charge is -2.05. The van der Waals surface area contributed by atoms with E-state index in [4.69, 9.17) is 5.11 Å². The van der Waals surface area contributed by atoms with Gasteiger partial charge in [0.05, 0.1) is 0 Å². The molecule has 1 heterocycles. The number of carbonyl (C=O) groups excluding carboxylic acids is 2. The first-order chi connectivity index (χ1) is 9.97. The van der Waals surface area contributed by atoms with Crippen molar-refractivity contribution in [1.29, 1.82) is 0 Å². The number of carboxylic acids is 1. The van der Waals surface area contributed by atoms with Gasteiger partial charge in [-0.3, -0.25) is 19.6 Å². The van der Waals surface area contributed by atoms with Crippen LogP contribution >= 0.6 is 0 Å². The fourth-order valence-corrected chi connectivity index (χ4v) is 1.58. The third-order valence-electron chi connectivity index (χ3n) is 2.58. The zero-order valence-corrected chi connectivity index (χ0v) is 11.8. The van der Waals surface area contributed by atoms with Crippen molar-refractivity contribution in [3.8, 4) is 0 Å². The van der Waals surface area contributed by atoms with Crippen LogP contribution in [0.25, 0.3) is 0 Å². The van der Waals surface area contributed by atoms with Gasteiger partial charge in [-0.05, 0) is 12.8 Å². The first-order valence-electron chi connectivity index (χ1n) is 6.61. The number of hydrogen-bond acceptors (Lipinski definition) is 5. The molecule has 3 amide bonds. The summed E-state index contributed by atoms with van der Waals surface area (Å²) in [6, 6.07) is -0.575. The molecule has 0 fully saturated rings. The molecule has 0 bridgehead atoms. The van der Waals surface area contributed by atoms with Crippen molar-refractivity contribution in [1.82, 2.24) is 25.4 Å². The van der Waals surface area contributed by atoms with Crippen LogP contribution in [0.3, 0.4) is 0 Å². The molecule has 1 aromatic rings. The number of aliphatic carboxylic acids is 1. The number of urea groups is 1. The van der Waals surface area contributed by atoms with E-state index in [0.717, 1.165) is 0 Å². The van der Waals surface area contributed by atoms with E-state index in [0.29, 0.717) is 31.6 Å². The van der Waals surface area contributed by atoms with E-state index in [-0.39, 0.29) is 12.8 Å². The van der Waals surface area contributed by atoms with E-state index < -0.39 is 17.9 Å². The molecule has 0 radical (unpaired) electrons. The number of rotatable bonds is 8. The van der Waals surface area contributed by atoms with E-state index in [1.807, 2.05) is 0 Å². The molecule has 0 aliphatic carbocycles. The van der Waals surface area contributed by atoms with E-state index in [2.05, 4.69) is 20.7 Å². The molecule has 0 saturated carbocycles. The molecule has 9 heteroatoms. The minimum atomic E-state index is -0.892. The summed E-state index contributed by atoms with van der Waals surface area (Å²) in [7, 11) is 1.75. The molecule has 1 aromatic heterocycles. The zero-order valence-electron chi connectivity index (χ0n) is 11.8. The Morgan fingerprint density at radius 2 is 2.00 bits per heavy atom. The molecule has 0 aliphatic rings. The Morgan fingerprint density at radius 3 is 2.62 bits per heavy atom. The lowest BCUT2D eigenvalue weighted by atomic mass is 10.2. The highest BCUT2D eigenvalue weighted by Crippen LogP contribution is 1.99. The van der Waals surface area contributed by atoms with Gasteiger partial charge in [-0.15, -0.1) is 0 Å². The maximum absolute atomic E-state index is 11.4. The molecular formula is C12H19N5O4. The summed E-state index contributed by atoms with van der Waals surface area (Å²) in [6.45, 7) is 0.322. The number of unbranched alkanes of at least 4 members (excludes halogenated alkanes) is 1.